The van der Waals surface area contributed by atoms with Gasteiger partial charge in [-0.2, -0.15) is 0 Å². The molecule has 0 aromatic heterocycles. The van der Waals surface area contributed by atoms with Crippen molar-refractivity contribution in [1.82, 2.24) is 9.80 Å². The number of aliphatic carboxylic acids is 1. The molecule has 3 unspecified atom stereocenters. The van der Waals surface area contributed by atoms with Gasteiger partial charge in [-0.05, 0) is 40.0 Å². The first-order valence-electron chi connectivity index (χ1n) is 7.30. The fraction of sp³-hybridized carbons (Fsp3) is 0.857. The molecule has 2 heterocycles. The van der Waals surface area contributed by atoms with Crippen LogP contribution in [0, 0.1) is 0 Å². The third kappa shape index (κ3) is 2.75. The van der Waals surface area contributed by atoms with E-state index in [9.17, 15) is 14.7 Å². The van der Waals surface area contributed by atoms with Crippen LogP contribution in [0.4, 0.5) is 4.79 Å². The molecule has 6 heteroatoms. The van der Waals surface area contributed by atoms with Crippen molar-refractivity contribution in [3.63, 3.8) is 0 Å². The summed E-state index contributed by atoms with van der Waals surface area (Å²) >= 11 is 0. The molecule has 114 valence electrons. The van der Waals surface area contributed by atoms with Gasteiger partial charge in [0.1, 0.15) is 5.54 Å². The van der Waals surface area contributed by atoms with Crippen LogP contribution >= 0.6 is 0 Å². The highest BCUT2D eigenvalue weighted by molar-refractivity contribution is 5.86. The summed E-state index contributed by atoms with van der Waals surface area (Å²) in [5, 5.41) is 9.48. The number of urea groups is 1. The van der Waals surface area contributed by atoms with Gasteiger partial charge in [0.2, 0.25) is 0 Å². The number of carboxylic acids is 1. The van der Waals surface area contributed by atoms with E-state index in [1.54, 1.807) is 11.8 Å². The van der Waals surface area contributed by atoms with E-state index in [4.69, 9.17) is 4.74 Å². The maximum absolute atomic E-state index is 12.7. The SMILES string of the molecule is CC1CN(C(=O)N2CCCCC2(C)C(=O)O)CC(C)O1. The molecule has 0 bridgehead atoms. The van der Waals surface area contributed by atoms with E-state index in [1.807, 2.05) is 13.8 Å². The average Bonchev–Trinajstić information content (AvgIpc) is 2.37. The lowest BCUT2D eigenvalue weighted by Crippen LogP contribution is -2.62. The molecule has 3 atom stereocenters. The number of carbonyl (C=O) groups excluding carboxylic acids is 1. The first-order valence-corrected chi connectivity index (χ1v) is 7.30. The molecule has 0 radical (unpaired) electrons. The monoisotopic (exact) mass is 284 g/mol. The molecule has 2 amide bonds. The zero-order valence-corrected chi connectivity index (χ0v) is 12.5. The van der Waals surface area contributed by atoms with Gasteiger partial charge in [-0.3, -0.25) is 0 Å². The molecular formula is C14H24N2O4. The van der Waals surface area contributed by atoms with Crippen LogP contribution in [0.1, 0.15) is 40.0 Å². The maximum Gasteiger partial charge on any atom is 0.329 e. The summed E-state index contributed by atoms with van der Waals surface area (Å²) in [6, 6.07) is -0.170. The normalized spacial score (nSPS) is 35.0. The topological polar surface area (TPSA) is 70.1 Å². The Hall–Kier alpha value is -1.30. The Kier molecular flexibility index (Phi) is 4.22. The van der Waals surface area contributed by atoms with Gasteiger partial charge >= 0.3 is 12.0 Å². The van der Waals surface area contributed by atoms with Gasteiger partial charge in [-0.15, -0.1) is 0 Å². The zero-order valence-electron chi connectivity index (χ0n) is 12.5. The fourth-order valence-electron chi connectivity index (χ4n) is 3.15. The Bertz CT molecular complexity index is 391. The van der Waals surface area contributed by atoms with Crippen LogP contribution in [-0.4, -0.2) is 64.3 Å². The number of ether oxygens (including phenoxy) is 1. The molecule has 0 spiro atoms. The van der Waals surface area contributed by atoms with Crippen LogP contribution in [0.2, 0.25) is 0 Å². The standard InChI is InChI=1S/C14H24N2O4/c1-10-8-15(9-11(2)20-10)13(19)16-7-5-4-6-14(16,3)12(17)18/h10-11H,4-9H2,1-3H3,(H,17,18). The Morgan fingerprint density at radius 1 is 1.20 bits per heavy atom. The van der Waals surface area contributed by atoms with E-state index in [-0.39, 0.29) is 18.2 Å². The van der Waals surface area contributed by atoms with Crippen LogP contribution in [0.3, 0.4) is 0 Å². The molecule has 0 aromatic rings. The summed E-state index contributed by atoms with van der Waals surface area (Å²) in [5.41, 5.74) is -1.08. The number of carboxylic acid groups (broad SMARTS) is 1. The second kappa shape index (κ2) is 5.60. The van der Waals surface area contributed by atoms with Crippen molar-refractivity contribution in [2.75, 3.05) is 19.6 Å². The van der Waals surface area contributed by atoms with E-state index < -0.39 is 11.5 Å². The summed E-state index contributed by atoms with van der Waals surface area (Å²) in [6.07, 6.45) is 2.21. The Morgan fingerprint density at radius 3 is 2.35 bits per heavy atom. The summed E-state index contributed by atoms with van der Waals surface area (Å²) < 4.78 is 5.62. The molecule has 0 aliphatic carbocycles. The summed E-state index contributed by atoms with van der Waals surface area (Å²) in [5.74, 6) is -0.917. The van der Waals surface area contributed by atoms with E-state index in [2.05, 4.69) is 0 Å². The molecule has 2 rings (SSSR count). The van der Waals surface area contributed by atoms with E-state index in [0.717, 1.165) is 12.8 Å². The fourth-order valence-corrected chi connectivity index (χ4v) is 3.15. The van der Waals surface area contributed by atoms with Crippen LogP contribution in [0.5, 0.6) is 0 Å². The average molecular weight is 284 g/mol. The third-order valence-corrected chi connectivity index (χ3v) is 4.27. The first-order chi connectivity index (χ1) is 9.34. The smallest absolute Gasteiger partial charge is 0.329 e. The van der Waals surface area contributed by atoms with E-state index in [1.165, 1.54) is 4.90 Å². The number of piperidine rings is 1. The van der Waals surface area contributed by atoms with Crippen molar-refractivity contribution in [2.24, 2.45) is 0 Å². The van der Waals surface area contributed by atoms with Crippen LogP contribution < -0.4 is 0 Å². The predicted octanol–water partition coefficient (Wildman–Crippen LogP) is 1.54. The van der Waals surface area contributed by atoms with Crippen molar-refractivity contribution in [1.29, 1.82) is 0 Å². The zero-order chi connectivity index (χ0) is 14.9. The molecule has 6 nitrogen and oxygen atoms in total. The maximum atomic E-state index is 12.7. The van der Waals surface area contributed by atoms with Crippen molar-refractivity contribution in [3.8, 4) is 0 Å². The van der Waals surface area contributed by atoms with Crippen molar-refractivity contribution >= 4 is 12.0 Å². The highest BCUT2D eigenvalue weighted by Crippen LogP contribution is 2.30. The molecule has 0 saturated carbocycles. The van der Waals surface area contributed by atoms with Gasteiger partial charge in [0.05, 0.1) is 12.2 Å². The van der Waals surface area contributed by atoms with Crippen LogP contribution in [-0.2, 0) is 9.53 Å². The summed E-state index contributed by atoms with van der Waals surface area (Å²) in [7, 11) is 0. The summed E-state index contributed by atoms with van der Waals surface area (Å²) in [6.45, 7) is 7.08. The van der Waals surface area contributed by atoms with Gasteiger partial charge in [0.15, 0.2) is 0 Å². The third-order valence-electron chi connectivity index (χ3n) is 4.27. The molecule has 20 heavy (non-hydrogen) atoms. The lowest BCUT2D eigenvalue weighted by atomic mass is 9.88. The number of carbonyl (C=O) groups is 2. The number of hydrogen-bond donors (Lipinski definition) is 1. The second-order valence-corrected chi connectivity index (χ2v) is 6.13. The first kappa shape index (κ1) is 15.1. The number of nitrogens with zero attached hydrogens (tertiary/aromatic N) is 2. The molecule has 0 aromatic carbocycles. The Balaban J connectivity index is 2.15. The minimum atomic E-state index is -1.08. The number of amides is 2. The molecule has 2 aliphatic rings. The lowest BCUT2D eigenvalue weighted by Gasteiger charge is -2.45. The van der Waals surface area contributed by atoms with Crippen LogP contribution in [0.25, 0.3) is 0 Å². The molecule has 1 N–H and O–H groups in total. The number of rotatable bonds is 1. The largest absolute Gasteiger partial charge is 0.480 e. The minimum absolute atomic E-state index is 0.0106. The predicted molar refractivity (Wildman–Crippen MR) is 73.6 cm³/mol. The summed E-state index contributed by atoms with van der Waals surface area (Å²) in [4.78, 5) is 27.5. The quantitative estimate of drug-likeness (QED) is 0.793. The van der Waals surface area contributed by atoms with Gasteiger partial charge in [-0.25, -0.2) is 9.59 Å². The van der Waals surface area contributed by atoms with E-state index >= 15 is 0 Å². The van der Waals surface area contributed by atoms with Crippen molar-refractivity contribution in [2.45, 2.75) is 57.8 Å². The van der Waals surface area contributed by atoms with Crippen molar-refractivity contribution in [3.05, 3.63) is 0 Å². The highest BCUT2D eigenvalue weighted by Gasteiger charge is 2.45. The number of hydrogen-bond acceptors (Lipinski definition) is 3. The number of likely N-dealkylation sites (tertiary alicyclic amines) is 1. The van der Waals surface area contributed by atoms with Gasteiger partial charge in [-0.1, -0.05) is 0 Å². The highest BCUT2D eigenvalue weighted by atomic mass is 16.5. The lowest BCUT2D eigenvalue weighted by molar-refractivity contribution is -0.151. The molecule has 2 saturated heterocycles. The molecule has 2 fully saturated rings. The van der Waals surface area contributed by atoms with Gasteiger partial charge in [0.25, 0.3) is 0 Å². The van der Waals surface area contributed by atoms with Crippen molar-refractivity contribution < 1.29 is 19.4 Å². The van der Waals surface area contributed by atoms with Gasteiger partial charge in [0, 0.05) is 19.6 Å². The van der Waals surface area contributed by atoms with Crippen LogP contribution in [0.15, 0.2) is 0 Å². The Morgan fingerprint density at radius 2 is 1.80 bits per heavy atom. The van der Waals surface area contributed by atoms with E-state index in [0.29, 0.717) is 26.1 Å². The molecular weight excluding hydrogens is 260 g/mol. The van der Waals surface area contributed by atoms with Gasteiger partial charge < -0.3 is 19.6 Å². The minimum Gasteiger partial charge on any atom is -0.480 e. The Labute approximate surface area is 119 Å². The number of morpholine rings is 1. The molecule has 2 aliphatic heterocycles. The second-order valence-electron chi connectivity index (χ2n) is 6.13.